The van der Waals surface area contributed by atoms with Crippen molar-refractivity contribution in [3.05, 3.63) is 21.3 Å². The minimum Gasteiger partial charge on any atom is -0.300 e. The molecule has 0 aromatic carbocycles. The number of rotatable bonds is 4. The third-order valence-corrected chi connectivity index (χ3v) is 3.91. The highest BCUT2D eigenvalue weighted by atomic mass is 79.9. The molecular formula is C9H10BrClF3NS. The molecule has 0 radical (unpaired) electrons. The number of alkyl halides is 4. The smallest absolute Gasteiger partial charge is 0.300 e. The molecule has 0 aliphatic carbocycles. The minimum atomic E-state index is -4.21. The van der Waals surface area contributed by atoms with E-state index in [4.69, 9.17) is 11.6 Å². The van der Waals surface area contributed by atoms with Crippen molar-refractivity contribution in [2.75, 3.05) is 13.6 Å². The first-order valence-corrected chi connectivity index (χ1v) is 6.53. The van der Waals surface area contributed by atoms with Crippen molar-refractivity contribution in [1.29, 1.82) is 0 Å². The van der Waals surface area contributed by atoms with Crippen LogP contribution in [0.2, 0.25) is 4.34 Å². The van der Waals surface area contributed by atoms with Gasteiger partial charge >= 0.3 is 6.18 Å². The van der Waals surface area contributed by atoms with Gasteiger partial charge in [0, 0.05) is 18.0 Å². The van der Waals surface area contributed by atoms with Crippen molar-refractivity contribution in [2.24, 2.45) is 0 Å². The van der Waals surface area contributed by atoms with Crippen LogP contribution in [0.15, 0.2) is 12.1 Å². The summed E-state index contributed by atoms with van der Waals surface area (Å²) in [6.07, 6.45) is -4.21. The highest BCUT2D eigenvalue weighted by Gasteiger charge is 2.38. The van der Waals surface area contributed by atoms with Crippen molar-refractivity contribution in [2.45, 2.75) is 17.5 Å². The second-order valence-electron chi connectivity index (χ2n) is 3.41. The molecule has 1 heterocycles. The number of nitrogens with zero attached hydrogens (tertiary/aromatic N) is 1. The molecule has 0 saturated carbocycles. The van der Waals surface area contributed by atoms with E-state index in [1.54, 1.807) is 18.0 Å². The quantitative estimate of drug-likeness (QED) is 0.746. The minimum absolute atomic E-state index is 0.0843. The summed E-state index contributed by atoms with van der Waals surface area (Å²) in [5.74, 6) is 0. The molecule has 92 valence electrons. The lowest BCUT2D eigenvalue weighted by Crippen LogP contribution is -2.34. The number of thiophene rings is 1. The van der Waals surface area contributed by atoms with Crippen LogP contribution in [0.4, 0.5) is 13.2 Å². The topological polar surface area (TPSA) is 3.24 Å². The van der Waals surface area contributed by atoms with Crippen molar-refractivity contribution < 1.29 is 13.2 Å². The normalized spacial score (nSPS) is 14.4. The van der Waals surface area contributed by atoms with E-state index < -0.39 is 11.0 Å². The van der Waals surface area contributed by atoms with Crippen LogP contribution in [-0.2, 0) is 6.54 Å². The Morgan fingerprint density at radius 2 is 2.12 bits per heavy atom. The fraction of sp³-hybridized carbons (Fsp3) is 0.556. The second kappa shape index (κ2) is 5.71. The molecule has 0 bridgehead atoms. The van der Waals surface area contributed by atoms with Gasteiger partial charge in [0.25, 0.3) is 0 Å². The van der Waals surface area contributed by atoms with Crippen LogP contribution in [0.1, 0.15) is 4.88 Å². The van der Waals surface area contributed by atoms with Gasteiger partial charge in [0.2, 0.25) is 0 Å². The van der Waals surface area contributed by atoms with Gasteiger partial charge < -0.3 is 0 Å². The first kappa shape index (κ1) is 14.3. The highest BCUT2D eigenvalue weighted by Crippen LogP contribution is 2.28. The van der Waals surface area contributed by atoms with Gasteiger partial charge in [-0.2, -0.15) is 13.2 Å². The number of hydrogen-bond donors (Lipinski definition) is 0. The van der Waals surface area contributed by atoms with E-state index in [1.807, 2.05) is 6.07 Å². The van der Waals surface area contributed by atoms with Crippen molar-refractivity contribution in [3.8, 4) is 0 Å². The largest absolute Gasteiger partial charge is 0.402 e. The number of hydrogen-bond acceptors (Lipinski definition) is 2. The number of halogens is 5. The van der Waals surface area contributed by atoms with E-state index >= 15 is 0 Å². The monoisotopic (exact) mass is 335 g/mol. The van der Waals surface area contributed by atoms with Crippen LogP contribution >= 0.6 is 38.9 Å². The molecular weight excluding hydrogens is 327 g/mol. The molecule has 1 atom stereocenters. The summed E-state index contributed by atoms with van der Waals surface area (Å²) in [6.45, 7) is 0.384. The van der Waals surface area contributed by atoms with Gasteiger partial charge in [0.15, 0.2) is 0 Å². The van der Waals surface area contributed by atoms with Crippen LogP contribution in [0.5, 0.6) is 0 Å². The zero-order chi connectivity index (χ0) is 12.3. The summed E-state index contributed by atoms with van der Waals surface area (Å²) in [6, 6.07) is 3.56. The molecule has 0 aliphatic heterocycles. The van der Waals surface area contributed by atoms with Crippen molar-refractivity contribution >= 4 is 38.9 Å². The molecule has 0 N–H and O–H groups in total. The fourth-order valence-corrected chi connectivity index (χ4v) is 2.81. The zero-order valence-electron chi connectivity index (χ0n) is 8.39. The van der Waals surface area contributed by atoms with E-state index in [2.05, 4.69) is 15.9 Å². The Labute approximate surface area is 109 Å². The Hall–Kier alpha value is 0.220. The van der Waals surface area contributed by atoms with Gasteiger partial charge in [0.1, 0.15) is 4.83 Å². The predicted molar refractivity (Wildman–Crippen MR) is 64.4 cm³/mol. The van der Waals surface area contributed by atoms with Crippen LogP contribution in [-0.4, -0.2) is 29.5 Å². The summed E-state index contributed by atoms with van der Waals surface area (Å²) >= 11 is 9.74. The zero-order valence-corrected chi connectivity index (χ0v) is 11.5. The van der Waals surface area contributed by atoms with E-state index in [0.29, 0.717) is 10.9 Å². The molecule has 1 rings (SSSR count). The average molecular weight is 337 g/mol. The van der Waals surface area contributed by atoms with Gasteiger partial charge in [0.05, 0.1) is 4.34 Å². The van der Waals surface area contributed by atoms with Crippen molar-refractivity contribution in [3.63, 3.8) is 0 Å². The van der Waals surface area contributed by atoms with Crippen LogP contribution in [0.25, 0.3) is 0 Å². The van der Waals surface area contributed by atoms with Crippen molar-refractivity contribution in [1.82, 2.24) is 4.90 Å². The summed E-state index contributed by atoms with van der Waals surface area (Å²) in [7, 11) is 1.65. The molecule has 0 amide bonds. The maximum absolute atomic E-state index is 12.3. The molecule has 0 aliphatic rings. The van der Waals surface area contributed by atoms with Gasteiger partial charge in [-0.25, -0.2) is 0 Å². The van der Waals surface area contributed by atoms with E-state index in [0.717, 1.165) is 4.88 Å². The Morgan fingerprint density at radius 3 is 2.56 bits per heavy atom. The van der Waals surface area contributed by atoms with E-state index in [9.17, 15) is 13.2 Å². The third-order valence-electron chi connectivity index (χ3n) is 1.88. The maximum atomic E-state index is 12.3. The summed E-state index contributed by atoms with van der Waals surface area (Å²) in [5, 5.41) is 0. The molecule has 1 unspecified atom stereocenters. The first-order chi connectivity index (χ1) is 7.29. The molecule has 16 heavy (non-hydrogen) atoms. The molecule has 1 nitrogen and oxygen atoms in total. The third kappa shape index (κ3) is 4.61. The van der Waals surface area contributed by atoms with Gasteiger partial charge in [-0.15, -0.1) is 11.3 Å². The standard InChI is InChI=1S/C9H10BrClF3NS/c1-15(5-7(10)9(12,13)14)4-6-2-3-8(11)16-6/h2-3,7H,4-5H2,1H3. The lowest BCUT2D eigenvalue weighted by molar-refractivity contribution is -0.130. The highest BCUT2D eigenvalue weighted by molar-refractivity contribution is 9.09. The van der Waals surface area contributed by atoms with Gasteiger partial charge in [-0.3, -0.25) is 4.90 Å². The lowest BCUT2D eigenvalue weighted by Gasteiger charge is -2.21. The van der Waals surface area contributed by atoms with E-state index in [-0.39, 0.29) is 6.54 Å². The lowest BCUT2D eigenvalue weighted by atomic mass is 10.3. The molecule has 1 aromatic rings. The second-order valence-corrected chi connectivity index (χ2v) is 6.32. The summed E-state index contributed by atoms with van der Waals surface area (Å²) < 4.78 is 37.4. The van der Waals surface area contributed by atoms with Gasteiger partial charge in [-0.1, -0.05) is 27.5 Å². The average Bonchev–Trinajstić information content (AvgIpc) is 2.49. The summed E-state index contributed by atoms with van der Waals surface area (Å²) in [4.78, 5) is 1.06. The molecule has 0 spiro atoms. The van der Waals surface area contributed by atoms with Crippen LogP contribution in [0.3, 0.4) is 0 Å². The maximum Gasteiger partial charge on any atom is 0.402 e. The molecule has 7 heteroatoms. The van der Waals surface area contributed by atoms with Gasteiger partial charge in [-0.05, 0) is 19.2 Å². The first-order valence-electron chi connectivity index (χ1n) is 4.42. The van der Waals surface area contributed by atoms with Crippen LogP contribution < -0.4 is 0 Å². The Morgan fingerprint density at radius 1 is 1.50 bits per heavy atom. The van der Waals surface area contributed by atoms with Crippen LogP contribution in [0, 0.1) is 0 Å². The Bertz CT molecular complexity index is 342. The Balaban J connectivity index is 2.45. The predicted octanol–water partition coefficient (Wildman–Crippen LogP) is 4.16. The fourth-order valence-electron chi connectivity index (χ4n) is 1.14. The molecule has 0 fully saturated rings. The molecule has 0 saturated heterocycles. The SMILES string of the molecule is CN(Cc1ccc(Cl)s1)CC(Br)C(F)(F)F. The molecule has 1 aromatic heterocycles. The van der Waals surface area contributed by atoms with E-state index in [1.165, 1.54) is 11.3 Å². The Kier molecular flexibility index (Phi) is 5.10. The summed E-state index contributed by atoms with van der Waals surface area (Å²) in [5.41, 5.74) is 0.